The molecule has 0 spiro atoms. The first-order valence-electron chi connectivity index (χ1n) is 4.80. The van der Waals surface area contributed by atoms with Crippen molar-refractivity contribution in [3.63, 3.8) is 0 Å². The Bertz CT molecular complexity index is 555. The normalized spacial score (nSPS) is 10.8. The highest BCUT2D eigenvalue weighted by Gasteiger charge is 2.05. The van der Waals surface area contributed by atoms with E-state index in [9.17, 15) is 10.2 Å². The Morgan fingerprint density at radius 2 is 1.94 bits per heavy atom. The smallest absolute Gasteiger partial charge is 0.146 e. The Morgan fingerprint density at radius 1 is 1.12 bits per heavy atom. The van der Waals surface area contributed by atoms with Gasteiger partial charge in [-0.15, -0.1) is 10.2 Å². The van der Waals surface area contributed by atoms with E-state index in [-0.39, 0.29) is 22.9 Å². The fraction of sp³-hybridized carbons (Fsp3) is 0. The van der Waals surface area contributed by atoms with Crippen LogP contribution >= 0.6 is 0 Å². The molecule has 0 unspecified atom stereocenters. The topological polar surface area (TPSA) is 104 Å². The number of rotatable bonds is 2. The third-order valence-electron chi connectivity index (χ3n) is 2.04. The van der Waals surface area contributed by atoms with Gasteiger partial charge in [0, 0.05) is 12.3 Å². The highest BCUT2D eigenvalue weighted by molar-refractivity contribution is 5.66. The fourth-order valence-electron chi connectivity index (χ4n) is 1.19. The van der Waals surface area contributed by atoms with E-state index in [1.54, 1.807) is 18.3 Å². The lowest BCUT2D eigenvalue weighted by molar-refractivity contribution is 0.453. The summed E-state index contributed by atoms with van der Waals surface area (Å²) in [5.74, 6) is -0.382. The second kappa shape index (κ2) is 4.48. The molecule has 0 fully saturated rings. The zero-order chi connectivity index (χ0) is 12.3. The Balaban J connectivity index is 2.31. The largest absolute Gasteiger partial charge is 0.506 e. The van der Waals surface area contributed by atoms with Crippen LogP contribution in [0, 0.1) is 0 Å². The molecule has 86 valence electrons. The van der Waals surface area contributed by atoms with E-state index in [1.807, 2.05) is 0 Å². The highest BCUT2D eigenvalue weighted by Crippen LogP contribution is 2.35. The van der Waals surface area contributed by atoms with Gasteiger partial charge in [-0.25, -0.2) is 0 Å². The SMILES string of the molecule is Nc1cc(/N=N/c2cccnc2)c(O)cc1O. The minimum atomic E-state index is -0.192. The predicted molar refractivity (Wildman–Crippen MR) is 62.6 cm³/mol. The summed E-state index contributed by atoms with van der Waals surface area (Å²) in [5.41, 5.74) is 6.35. The van der Waals surface area contributed by atoms with Crippen LogP contribution in [-0.2, 0) is 0 Å². The third kappa shape index (κ3) is 2.49. The first kappa shape index (κ1) is 10.9. The van der Waals surface area contributed by atoms with Gasteiger partial charge >= 0.3 is 0 Å². The van der Waals surface area contributed by atoms with Crippen LogP contribution in [0.5, 0.6) is 11.5 Å². The predicted octanol–water partition coefficient (Wildman–Crippen LogP) is 2.49. The van der Waals surface area contributed by atoms with Crippen LogP contribution in [0.4, 0.5) is 17.1 Å². The lowest BCUT2D eigenvalue weighted by Gasteiger charge is -2.01. The van der Waals surface area contributed by atoms with E-state index in [1.165, 1.54) is 12.3 Å². The molecule has 0 amide bonds. The van der Waals surface area contributed by atoms with Gasteiger partial charge in [0.05, 0.1) is 11.9 Å². The van der Waals surface area contributed by atoms with Crippen molar-refractivity contribution in [2.75, 3.05) is 5.73 Å². The summed E-state index contributed by atoms with van der Waals surface area (Å²) in [6, 6.07) is 5.90. The maximum atomic E-state index is 9.51. The van der Waals surface area contributed by atoms with E-state index in [2.05, 4.69) is 15.2 Å². The summed E-state index contributed by atoms with van der Waals surface area (Å²) in [6.45, 7) is 0. The molecule has 0 aliphatic rings. The number of phenolic OH excluding ortho intramolecular Hbond substituents is 2. The summed E-state index contributed by atoms with van der Waals surface area (Å²) >= 11 is 0. The Morgan fingerprint density at radius 3 is 2.65 bits per heavy atom. The van der Waals surface area contributed by atoms with E-state index in [0.717, 1.165) is 6.07 Å². The summed E-state index contributed by atoms with van der Waals surface area (Å²) in [4.78, 5) is 3.87. The van der Waals surface area contributed by atoms with Crippen LogP contribution < -0.4 is 5.73 Å². The third-order valence-corrected chi connectivity index (χ3v) is 2.04. The van der Waals surface area contributed by atoms with Crippen molar-refractivity contribution >= 4 is 17.1 Å². The first-order chi connectivity index (χ1) is 8.16. The number of nitrogen functional groups attached to an aromatic ring is 1. The van der Waals surface area contributed by atoms with Crippen LogP contribution in [0.1, 0.15) is 0 Å². The molecule has 6 heteroatoms. The molecule has 17 heavy (non-hydrogen) atoms. The minimum Gasteiger partial charge on any atom is -0.506 e. The summed E-state index contributed by atoms with van der Waals surface area (Å²) < 4.78 is 0. The summed E-state index contributed by atoms with van der Waals surface area (Å²) in [6.07, 6.45) is 3.15. The molecule has 0 radical (unpaired) electrons. The van der Waals surface area contributed by atoms with Crippen molar-refractivity contribution in [3.05, 3.63) is 36.7 Å². The van der Waals surface area contributed by atoms with Gasteiger partial charge in [0.2, 0.25) is 0 Å². The molecule has 2 aromatic rings. The Hall–Kier alpha value is -2.63. The highest BCUT2D eigenvalue weighted by atomic mass is 16.3. The van der Waals surface area contributed by atoms with Crippen molar-refractivity contribution in [3.8, 4) is 11.5 Å². The quantitative estimate of drug-likeness (QED) is 0.319. The Labute approximate surface area is 97.1 Å². The van der Waals surface area contributed by atoms with Crippen molar-refractivity contribution in [2.45, 2.75) is 0 Å². The number of anilines is 1. The molecule has 1 aromatic carbocycles. The van der Waals surface area contributed by atoms with Gasteiger partial charge in [-0.1, -0.05) is 0 Å². The van der Waals surface area contributed by atoms with Crippen molar-refractivity contribution in [1.82, 2.24) is 4.98 Å². The van der Waals surface area contributed by atoms with Crippen LogP contribution in [0.3, 0.4) is 0 Å². The lowest BCUT2D eigenvalue weighted by atomic mass is 10.2. The van der Waals surface area contributed by atoms with Crippen molar-refractivity contribution < 1.29 is 10.2 Å². The molecule has 0 atom stereocenters. The number of aromatic nitrogens is 1. The van der Waals surface area contributed by atoms with E-state index in [0.29, 0.717) is 5.69 Å². The number of nitrogens with zero attached hydrogens (tertiary/aromatic N) is 3. The number of aromatic hydroxyl groups is 2. The van der Waals surface area contributed by atoms with Gasteiger partial charge in [0.15, 0.2) is 0 Å². The average molecular weight is 230 g/mol. The number of phenols is 2. The first-order valence-corrected chi connectivity index (χ1v) is 4.80. The zero-order valence-electron chi connectivity index (χ0n) is 8.78. The number of benzene rings is 1. The summed E-state index contributed by atoms with van der Waals surface area (Å²) in [5, 5.41) is 26.4. The second-order valence-corrected chi connectivity index (χ2v) is 3.31. The average Bonchev–Trinajstić information content (AvgIpc) is 2.33. The maximum absolute atomic E-state index is 9.51. The van der Waals surface area contributed by atoms with Gasteiger partial charge in [0.25, 0.3) is 0 Å². The maximum Gasteiger partial charge on any atom is 0.146 e. The minimum absolute atomic E-state index is 0.128. The van der Waals surface area contributed by atoms with E-state index in [4.69, 9.17) is 5.73 Å². The number of azo groups is 1. The molecule has 0 saturated carbocycles. The fourth-order valence-corrected chi connectivity index (χ4v) is 1.19. The molecule has 1 aromatic heterocycles. The number of nitrogens with two attached hydrogens (primary N) is 1. The molecule has 0 aliphatic carbocycles. The van der Waals surface area contributed by atoms with Crippen molar-refractivity contribution in [2.24, 2.45) is 10.2 Å². The zero-order valence-corrected chi connectivity index (χ0v) is 8.78. The monoisotopic (exact) mass is 230 g/mol. The molecule has 1 heterocycles. The Kier molecular flexibility index (Phi) is 2.87. The standard InChI is InChI=1S/C11H10N4O2/c12-8-4-9(11(17)5-10(8)16)15-14-7-2-1-3-13-6-7/h1-6,16-17H,12H2/b15-14+. The number of pyridine rings is 1. The van der Waals surface area contributed by atoms with E-state index < -0.39 is 0 Å². The summed E-state index contributed by atoms with van der Waals surface area (Å²) in [7, 11) is 0. The molecule has 0 aliphatic heterocycles. The molecule has 4 N–H and O–H groups in total. The molecular formula is C11H10N4O2. The number of hydrogen-bond acceptors (Lipinski definition) is 6. The van der Waals surface area contributed by atoms with Crippen LogP contribution in [-0.4, -0.2) is 15.2 Å². The van der Waals surface area contributed by atoms with Gasteiger partial charge in [-0.3, -0.25) is 4.98 Å². The lowest BCUT2D eigenvalue weighted by Crippen LogP contribution is -1.84. The van der Waals surface area contributed by atoms with Crippen LogP contribution in [0.15, 0.2) is 46.9 Å². The molecular weight excluding hydrogens is 220 g/mol. The molecule has 2 rings (SSSR count). The van der Waals surface area contributed by atoms with Crippen LogP contribution in [0.25, 0.3) is 0 Å². The van der Waals surface area contributed by atoms with Crippen molar-refractivity contribution in [1.29, 1.82) is 0 Å². The van der Waals surface area contributed by atoms with Gasteiger partial charge in [-0.05, 0) is 18.2 Å². The van der Waals surface area contributed by atoms with Gasteiger partial charge in [-0.2, -0.15) is 0 Å². The van der Waals surface area contributed by atoms with Crippen LogP contribution in [0.2, 0.25) is 0 Å². The van der Waals surface area contributed by atoms with Gasteiger partial charge in [0.1, 0.15) is 22.9 Å². The molecule has 0 saturated heterocycles. The van der Waals surface area contributed by atoms with E-state index >= 15 is 0 Å². The molecule has 6 nitrogen and oxygen atoms in total. The number of hydrogen-bond donors (Lipinski definition) is 3. The molecule has 0 bridgehead atoms. The van der Waals surface area contributed by atoms with Gasteiger partial charge < -0.3 is 15.9 Å². The second-order valence-electron chi connectivity index (χ2n) is 3.31.